The van der Waals surface area contributed by atoms with Gasteiger partial charge in [-0.3, -0.25) is 14.5 Å². The average Bonchev–Trinajstić information content (AvgIpc) is 3.23. The molecule has 0 saturated carbocycles. The van der Waals surface area contributed by atoms with Crippen molar-refractivity contribution >= 4 is 34.6 Å². The molecule has 0 aromatic heterocycles. The number of esters is 1. The molecule has 0 unspecified atom stereocenters. The Hall–Kier alpha value is -4.20. The minimum atomic E-state index is -0.957. The number of imide groups is 1. The predicted octanol–water partition coefficient (Wildman–Crippen LogP) is 5.58. The fourth-order valence-electron chi connectivity index (χ4n) is 5.62. The van der Waals surface area contributed by atoms with Crippen LogP contribution in [0.2, 0.25) is 0 Å². The van der Waals surface area contributed by atoms with Gasteiger partial charge in [-0.05, 0) is 61.8 Å². The van der Waals surface area contributed by atoms with Crippen molar-refractivity contribution in [2.24, 2.45) is 5.92 Å². The SMILES string of the molecule is CC(C)C[C@H](NC(=O)OC(C)(C)C)C(=O)O[C@@H]1Cc2ccccc2[C@@H]1N1C(=O)c2cccc3cccc(c23)C1=O. The van der Waals surface area contributed by atoms with Gasteiger partial charge in [0.25, 0.3) is 11.8 Å². The lowest BCUT2D eigenvalue weighted by Crippen LogP contribution is -2.49. The van der Waals surface area contributed by atoms with Crippen LogP contribution in [0.5, 0.6) is 0 Å². The molecule has 1 aliphatic carbocycles. The van der Waals surface area contributed by atoms with Crippen LogP contribution in [0, 0.1) is 5.92 Å². The van der Waals surface area contributed by atoms with E-state index in [0.29, 0.717) is 29.4 Å². The third-order valence-electron chi connectivity index (χ3n) is 7.18. The summed E-state index contributed by atoms with van der Waals surface area (Å²) in [7, 11) is 0. The molecule has 0 fully saturated rings. The van der Waals surface area contributed by atoms with Crippen molar-refractivity contribution < 1.29 is 28.7 Å². The maximum atomic E-state index is 13.9. The van der Waals surface area contributed by atoms with E-state index in [2.05, 4.69) is 5.32 Å². The first-order chi connectivity index (χ1) is 18.9. The number of hydrogen-bond acceptors (Lipinski definition) is 6. The minimum Gasteiger partial charge on any atom is -0.458 e. The first-order valence-corrected chi connectivity index (χ1v) is 13.6. The van der Waals surface area contributed by atoms with E-state index in [1.54, 1.807) is 45.0 Å². The van der Waals surface area contributed by atoms with E-state index in [-0.39, 0.29) is 5.92 Å². The summed E-state index contributed by atoms with van der Waals surface area (Å²) < 4.78 is 11.4. The number of ether oxygens (including phenoxy) is 2. The van der Waals surface area contributed by atoms with Crippen LogP contribution in [-0.4, -0.2) is 46.5 Å². The van der Waals surface area contributed by atoms with Gasteiger partial charge >= 0.3 is 12.1 Å². The van der Waals surface area contributed by atoms with Crippen molar-refractivity contribution in [3.63, 3.8) is 0 Å². The molecule has 0 spiro atoms. The van der Waals surface area contributed by atoms with Crippen LogP contribution in [0.25, 0.3) is 10.8 Å². The van der Waals surface area contributed by atoms with Gasteiger partial charge < -0.3 is 14.8 Å². The van der Waals surface area contributed by atoms with Crippen molar-refractivity contribution in [3.8, 4) is 0 Å². The largest absolute Gasteiger partial charge is 0.458 e. The fourth-order valence-corrected chi connectivity index (χ4v) is 5.62. The number of alkyl carbamates (subject to hydrolysis) is 1. The molecule has 0 radical (unpaired) electrons. The molecule has 8 heteroatoms. The molecule has 2 aliphatic rings. The summed E-state index contributed by atoms with van der Waals surface area (Å²) in [5, 5.41) is 4.10. The molecule has 0 saturated heterocycles. The van der Waals surface area contributed by atoms with Gasteiger partial charge in [0, 0.05) is 22.9 Å². The molecule has 0 bridgehead atoms. The summed E-state index contributed by atoms with van der Waals surface area (Å²) in [5.41, 5.74) is 1.79. The van der Waals surface area contributed by atoms with Gasteiger partial charge in [-0.15, -0.1) is 0 Å². The Kier molecular flexibility index (Phi) is 7.12. The highest BCUT2D eigenvalue weighted by Gasteiger charge is 2.47. The van der Waals surface area contributed by atoms with Gasteiger partial charge in [-0.1, -0.05) is 62.4 Å². The molecule has 3 aromatic carbocycles. The van der Waals surface area contributed by atoms with Crippen LogP contribution in [0.15, 0.2) is 60.7 Å². The van der Waals surface area contributed by atoms with Crippen molar-refractivity contribution in [1.29, 1.82) is 0 Å². The second-order valence-corrected chi connectivity index (χ2v) is 11.8. The summed E-state index contributed by atoms with van der Waals surface area (Å²) in [6.07, 6.45) is -0.875. The van der Waals surface area contributed by atoms with Crippen LogP contribution in [0.4, 0.5) is 4.79 Å². The van der Waals surface area contributed by atoms with Crippen molar-refractivity contribution in [2.45, 2.75) is 71.2 Å². The third-order valence-corrected chi connectivity index (χ3v) is 7.18. The van der Waals surface area contributed by atoms with Crippen LogP contribution in [-0.2, 0) is 20.7 Å². The van der Waals surface area contributed by atoms with Gasteiger partial charge in [0.05, 0.1) is 0 Å². The lowest BCUT2D eigenvalue weighted by molar-refractivity contribution is -0.154. The quantitative estimate of drug-likeness (QED) is 0.322. The van der Waals surface area contributed by atoms with E-state index in [4.69, 9.17) is 9.47 Å². The van der Waals surface area contributed by atoms with E-state index in [9.17, 15) is 19.2 Å². The number of nitrogens with zero attached hydrogens (tertiary/aromatic N) is 1. The van der Waals surface area contributed by atoms with Gasteiger partial charge in [0.15, 0.2) is 0 Å². The molecule has 3 atom stereocenters. The zero-order valence-electron chi connectivity index (χ0n) is 23.4. The fraction of sp³-hybridized carbons (Fsp3) is 0.375. The van der Waals surface area contributed by atoms with E-state index in [1.807, 2.05) is 50.2 Å². The molecule has 1 heterocycles. The molecule has 1 aliphatic heterocycles. The second-order valence-electron chi connectivity index (χ2n) is 11.8. The second kappa shape index (κ2) is 10.4. The lowest BCUT2D eigenvalue weighted by atomic mass is 9.92. The molecular weight excluding hydrogens is 508 g/mol. The number of carbonyl (C=O) groups is 4. The summed E-state index contributed by atoms with van der Waals surface area (Å²) in [5.74, 6) is -1.42. The van der Waals surface area contributed by atoms with Crippen molar-refractivity contribution in [1.82, 2.24) is 10.2 Å². The van der Waals surface area contributed by atoms with Gasteiger partial charge in [-0.25, -0.2) is 9.59 Å². The van der Waals surface area contributed by atoms with Crippen LogP contribution < -0.4 is 5.32 Å². The Morgan fingerprint density at radius 3 is 2.17 bits per heavy atom. The molecule has 3 aromatic rings. The summed E-state index contributed by atoms with van der Waals surface area (Å²) in [6, 6.07) is 16.5. The topological polar surface area (TPSA) is 102 Å². The molecule has 40 heavy (non-hydrogen) atoms. The Balaban J connectivity index is 1.48. The Morgan fingerprint density at radius 1 is 0.950 bits per heavy atom. The van der Waals surface area contributed by atoms with Gasteiger partial charge in [-0.2, -0.15) is 0 Å². The lowest BCUT2D eigenvalue weighted by Gasteiger charge is -2.35. The van der Waals surface area contributed by atoms with Crippen LogP contribution in [0.1, 0.15) is 78.9 Å². The average molecular weight is 543 g/mol. The Morgan fingerprint density at radius 2 is 1.57 bits per heavy atom. The summed E-state index contributed by atoms with van der Waals surface area (Å²) >= 11 is 0. The first kappa shape index (κ1) is 27.4. The highest BCUT2D eigenvalue weighted by Crippen LogP contribution is 2.42. The molecule has 8 nitrogen and oxygen atoms in total. The number of carbonyl (C=O) groups excluding carboxylic acids is 4. The predicted molar refractivity (Wildman–Crippen MR) is 150 cm³/mol. The highest BCUT2D eigenvalue weighted by molar-refractivity contribution is 6.25. The van der Waals surface area contributed by atoms with Crippen LogP contribution in [0.3, 0.4) is 0 Å². The zero-order valence-corrected chi connectivity index (χ0v) is 23.4. The minimum absolute atomic E-state index is 0.0753. The van der Waals surface area contributed by atoms with Gasteiger partial charge in [0.2, 0.25) is 0 Å². The standard InChI is InChI=1S/C32H34N2O6/c1-18(2)16-24(33-31(38)40-32(3,4)5)30(37)39-25-17-20-10-6-7-13-21(20)27(25)34-28(35)22-14-8-11-19-12-9-15-23(26(19)22)29(34)36/h6-15,18,24-25,27H,16-17H2,1-5H3,(H,33,38)/t24-,25+,27-/m0/s1. The van der Waals surface area contributed by atoms with E-state index in [0.717, 1.165) is 16.5 Å². The Labute approximate surface area is 233 Å². The number of amides is 3. The number of nitrogens with one attached hydrogen (secondary N) is 1. The Bertz CT molecular complexity index is 1450. The van der Waals surface area contributed by atoms with Crippen LogP contribution >= 0.6 is 0 Å². The van der Waals surface area contributed by atoms with E-state index in [1.165, 1.54) is 4.90 Å². The number of benzene rings is 3. The van der Waals surface area contributed by atoms with Gasteiger partial charge in [0.1, 0.15) is 23.8 Å². The maximum absolute atomic E-state index is 13.9. The summed E-state index contributed by atoms with van der Waals surface area (Å²) in [4.78, 5) is 55.1. The highest BCUT2D eigenvalue weighted by atomic mass is 16.6. The van der Waals surface area contributed by atoms with Crippen molar-refractivity contribution in [2.75, 3.05) is 0 Å². The number of hydrogen-bond donors (Lipinski definition) is 1. The monoisotopic (exact) mass is 542 g/mol. The molecule has 5 rings (SSSR count). The smallest absolute Gasteiger partial charge is 0.408 e. The first-order valence-electron chi connectivity index (χ1n) is 13.6. The van der Waals surface area contributed by atoms with E-state index < -0.39 is 47.7 Å². The maximum Gasteiger partial charge on any atom is 0.408 e. The molecule has 1 N–H and O–H groups in total. The molecule has 208 valence electrons. The molecule has 3 amide bonds. The zero-order chi connectivity index (χ0) is 28.8. The van der Waals surface area contributed by atoms with E-state index >= 15 is 0 Å². The number of fused-ring (bicyclic) bond motifs is 1. The normalized spacial score (nSPS) is 19.0. The number of rotatable bonds is 6. The summed E-state index contributed by atoms with van der Waals surface area (Å²) in [6.45, 7) is 9.11. The molecular formula is C32H34N2O6. The third kappa shape index (κ3) is 5.18. The van der Waals surface area contributed by atoms with Crippen molar-refractivity contribution in [3.05, 3.63) is 82.9 Å².